The zero-order valence-electron chi connectivity index (χ0n) is 11.5. The number of rotatable bonds is 2. The topological polar surface area (TPSA) is 41.1 Å². The Hall–Kier alpha value is -1.35. The molecule has 0 saturated carbocycles. The van der Waals surface area contributed by atoms with Gasteiger partial charge in [-0.05, 0) is 50.2 Å². The van der Waals surface area contributed by atoms with Gasteiger partial charge in [-0.2, -0.15) is 0 Å². The Kier molecular flexibility index (Phi) is 3.56. The minimum Gasteiger partial charge on any atom is -0.351 e. The smallest absolute Gasteiger partial charge is 0.237 e. The van der Waals surface area contributed by atoms with Gasteiger partial charge in [-0.25, -0.2) is 0 Å². The van der Waals surface area contributed by atoms with E-state index in [1.165, 1.54) is 17.5 Å². The quantitative estimate of drug-likeness (QED) is 0.849. The van der Waals surface area contributed by atoms with Crippen molar-refractivity contribution < 1.29 is 4.79 Å². The van der Waals surface area contributed by atoms with Gasteiger partial charge in [0.25, 0.3) is 0 Å². The number of carbonyl (C=O) groups excluding carboxylic acids is 1. The van der Waals surface area contributed by atoms with Crippen LogP contribution in [0.3, 0.4) is 0 Å². The van der Waals surface area contributed by atoms with Crippen molar-refractivity contribution in [2.75, 3.05) is 0 Å². The van der Waals surface area contributed by atoms with E-state index in [4.69, 9.17) is 0 Å². The molecule has 102 valence electrons. The van der Waals surface area contributed by atoms with Crippen LogP contribution < -0.4 is 10.6 Å². The number of hydrogen-bond donors (Lipinski definition) is 2. The molecule has 2 aliphatic rings. The van der Waals surface area contributed by atoms with E-state index >= 15 is 0 Å². The Balaban J connectivity index is 1.57. The van der Waals surface area contributed by atoms with Crippen molar-refractivity contribution in [1.82, 2.24) is 10.6 Å². The molecule has 1 aromatic carbocycles. The first-order valence-corrected chi connectivity index (χ1v) is 7.35. The largest absolute Gasteiger partial charge is 0.351 e. The number of piperidine rings is 1. The third-order valence-electron chi connectivity index (χ3n) is 4.33. The van der Waals surface area contributed by atoms with Gasteiger partial charge in [0.1, 0.15) is 0 Å². The fraction of sp³-hybridized carbons (Fsp3) is 0.562. The van der Waals surface area contributed by atoms with Crippen molar-refractivity contribution in [3.05, 3.63) is 35.4 Å². The van der Waals surface area contributed by atoms with Crippen LogP contribution in [-0.4, -0.2) is 24.0 Å². The average molecular weight is 258 g/mol. The van der Waals surface area contributed by atoms with Crippen LogP contribution in [0.4, 0.5) is 0 Å². The molecule has 0 bridgehead atoms. The van der Waals surface area contributed by atoms with Crippen LogP contribution in [-0.2, 0) is 17.6 Å². The normalized spacial score (nSPS) is 27.0. The van der Waals surface area contributed by atoms with E-state index in [9.17, 15) is 4.79 Å². The van der Waals surface area contributed by atoms with Crippen molar-refractivity contribution in [3.8, 4) is 0 Å². The molecule has 1 heterocycles. The number of carbonyl (C=O) groups is 1. The summed E-state index contributed by atoms with van der Waals surface area (Å²) in [7, 11) is 0. The standard InChI is InChI=1S/C16H22N2O/c1-11-5-4-8-15(17-11)16(19)18-14-9-12-6-2-3-7-13(12)10-14/h2-3,6-7,11,14-15,17H,4-5,8-10H2,1H3,(H,18,19). The molecule has 1 fully saturated rings. The molecule has 1 aromatic rings. The van der Waals surface area contributed by atoms with Gasteiger partial charge >= 0.3 is 0 Å². The predicted octanol–water partition coefficient (Wildman–Crippen LogP) is 1.80. The monoisotopic (exact) mass is 258 g/mol. The Morgan fingerprint density at radius 1 is 1.21 bits per heavy atom. The first-order valence-electron chi connectivity index (χ1n) is 7.35. The molecule has 0 radical (unpaired) electrons. The second-order valence-corrected chi connectivity index (χ2v) is 5.93. The molecule has 0 aromatic heterocycles. The lowest BCUT2D eigenvalue weighted by Gasteiger charge is -2.28. The summed E-state index contributed by atoms with van der Waals surface area (Å²) in [6, 6.07) is 9.24. The Morgan fingerprint density at radius 2 is 1.89 bits per heavy atom. The third-order valence-corrected chi connectivity index (χ3v) is 4.33. The van der Waals surface area contributed by atoms with E-state index < -0.39 is 0 Å². The highest BCUT2D eigenvalue weighted by Gasteiger charge is 2.28. The van der Waals surface area contributed by atoms with Crippen molar-refractivity contribution in [2.45, 2.75) is 57.2 Å². The first-order chi connectivity index (χ1) is 9.22. The second-order valence-electron chi connectivity index (χ2n) is 5.93. The minimum atomic E-state index is 0.00691. The summed E-state index contributed by atoms with van der Waals surface area (Å²) < 4.78 is 0. The zero-order valence-corrected chi connectivity index (χ0v) is 11.5. The van der Waals surface area contributed by atoms with E-state index in [-0.39, 0.29) is 18.0 Å². The van der Waals surface area contributed by atoms with Crippen molar-refractivity contribution >= 4 is 5.91 Å². The van der Waals surface area contributed by atoms with Crippen LogP contribution in [0.1, 0.15) is 37.3 Å². The molecule has 2 unspecified atom stereocenters. The second kappa shape index (κ2) is 5.33. The van der Waals surface area contributed by atoms with Gasteiger partial charge in [0, 0.05) is 12.1 Å². The maximum Gasteiger partial charge on any atom is 0.237 e. The molecule has 3 nitrogen and oxygen atoms in total. The summed E-state index contributed by atoms with van der Waals surface area (Å²) in [4.78, 5) is 12.3. The average Bonchev–Trinajstić information content (AvgIpc) is 2.80. The van der Waals surface area contributed by atoms with Crippen molar-refractivity contribution in [2.24, 2.45) is 0 Å². The Bertz CT molecular complexity index is 447. The molecule has 0 spiro atoms. The van der Waals surface area contributed by atoms with E-state index in [0.29, 0.717) is 6.04 Å². The number of benzene rings is 1. The summed E-state index contributed by atoms with van der Waals surface area (Å²) >= 11 is 0. The SMILES string of the molecule is CC1CCCC(C(=O)NC2Cc3ccccc3C2)N1. The highest BCUT2D eigenvalue weighted by molar-refractivity contribution is 5.82. The van der Waals surface area contributed by atoms with Crippen LogP contribution in [0.5, 0.6) is 0 Å². The number of fused-ring (bicyclic) bond motifs is 1. The van der Waals surface area contributed by atoms with Crippen LogP contribution >= 0.6 is 0 Å². The Labute approximate surface area is 114 Å². The summed E-state index contributed by atoms with van der Waals surface area (Å²) in [5.74, 6) is 0.185. The number of nitrogens with one attached hydrogen (secondary N) is 2. The van der Waals surface area contributed by atoms with Gasteiger partial charge in [0.2, 0.25) is 5.91 Å². The van der Waals surface area contributed by atoms with Crippen LogP contribution in [0.15, 0.2) is 24.3 Å². The summed E-state index contributed by atoms with van der Waals surface area (Å²) in [6.07, 6.45) is 5.25. The molecule has 3 heteroatoms. The minimum absolute atomic E-state index is 0.00691. The van der Waals surface area contributed by atoms with Gasteiger partial charge in [-0.15, -0.1) is 0 Å². The molecule has 1 saturated heterocycles. The first kappa shape index (κ1) is 12.7. The molecule has 1 aliphatic carbocycles. The van der Waals surface area contributed by atoms with E-state index in [2.05, 4.69) is 41.8 Å². The summed E-state index contributed by atoms with van der Waals surface area (Å²) in [5.41, 5.74) is 2.77. The zero-order chi connectivity index (χ0) is 13.2. The molecular formula is C16H22N2O. The van der Waals surface area contributed by atoms with Gasteiger partial charge in [-0.3, -0.25) is 4.79 Å². The van der Waals surface area contributed by atoms with Gasteiger partial charge in [0.15, 0.2) is 0 Å². The van der Waals surface area contributed by atoms with E-state index in [0.717, 1.165) is 25.7 Å². The maximum atomic E-state index is 12.3. The molecule has 2 N–H and O–H groups in total. The Morgan fingerprint density at radius 3 is 2.53 bits per heavy atom. The fourth-order valence-corrected chi connectivity index (χ4v) is 3.31. The van der Waals surface area contributed by atoms with Gasteiger partial charge in [-0.1, -0.05) is 24.3 Å². The maximum absolute atomic E-state index is 12.3. The van der Waals surface area contributed by atoms with Gasteiger partial charge < -0.3 is 10.6 Å². The van der Waals surface area contributed by atoms with E-state index in [1.807, 2.05) is 0 Å². The molecule has 19 heavy (non-hydrogen) atoms. The molecule has 2 atom stereocenters. The molecular weight excluding hydrogens is 236 g/mol. The predicted molar refractivity (Wildman–Crippen MR) is 76.0 cm³/mol. The lowest BCUT2D eigenvalue weighted by molar-refractivity contribution is -0.124. The lowest BCUT2D eigenvalue weighted by Crippen LogP contribution is -2.52. The van der Waals surface area contributed by atoms with Crippen molar-refractivity contribution in [1.29, 1.82) is 0 Å². The summed E-state index contributed by atoms with van der Waals surface area (Å²) in [5, 5.41) is 6.61. The number of hydrogen-bond acceptors (Lipinski definition) is 2. The van der Waals surface area contributed by atoms with Crippen LogP contribution in [0, 0.1) is 0 Å². The number of amides is 1. The molecule has 1 amide bonds. The highest BCUT2D eigenvalue weighted by Crippen LogP contribution is 2.22. The highest BCUT2D eigenvalue weighted by atomic mass is 16.2. The van der Waals surface area contributed by atoms with Crippen LogP contribution in [0.25, 0.3) is 0 Å². The summed E-state index contributed by atoms with van der Waals surface area (Å²) in [6.45, 7) is 2.16. The molecule has 1 aliphatic heterocycles. The van der Waals surface area contributed by atoms with E-state index in [1.54, 1.807) is 0 Å². The van der Waals surface area contributed by atoms with Crippen molar-refractivity contribution in [3.63, 3.8) is 0 Å². The van der Waals surface area contributed by atoms with Crippen LogP contribution in [0.2, 0.25) is 0 Å². The third kappa shape index (κ3) is 2.81. The molecule has 3 rings (SSSR count). The lowest BCUT2D eigenvalue weighted by atomic mass is 9.99. The fourth-order valence-electron chi connectivity index (χ4n) is 3.31. The van der Waals surface area contributed by atoms with Gasteiger partial charge in [0.05, 0.1) is 6.04 Å².